The van der Waals surface area contributed by atoms with Crippen LogP contribution in [0.4, 0.5) is 5.69 Å². The van der Waals surface area contributed by atoms with Crippen molar-refractivity contribution in [1.29, 1.82) is 0 Å². The summed E-state index contributed by atoms with van der Waals surface area (Å²) in [6.07, 6.45) is 0.786. The number of anilines is 1. The Labute approximate surface area is 161 Å². The molecule has 2 aliphatic rings. The van der Waals surface area contributed by atoms with Gasteiger partial charge in [-0.15, -0.1) is 0 Å². The van der Waals surface area contributed by atoms with Gasteiger partial charge < -0.3 is 19.1 Å². The summed E-state index contributed by atoms with van der Waals surface area (Å²) in [6, 6.07) is 13.6. The first-order valence-corrected chi connectivity index (χ1v) is 9.49. The number of nitrogens with zero attached hydrogens (tertiary/aromatic N) is 1. The molecule has 5 nitrogen and oxygen atoms in total. The molecule has 0 radical (unpaired) electrons. The van der Waals surface area contributed by atoms with E-state index >= 15 is 0 Å². The molecule has 1 amide bonds. The van der Waals surface area contributed by atoms with E-state index in [-0.39, 0.29) is 5.91 Å². The molecule has 0 aromatic heterocycles. The summed E-state index contributed by atoms with van der Waals surface area (Å²) in [6.45, 7) is 3.83. The lowest BCUT2D eigenvalue weighted by Gasteiger charge is -2.32. The van der Waals surface area contributed by atoms with Crippen molar-refractivity contribution < 1.29 is 19.0 Å². The first-order valence-electron chi connectivity index (χ1n) is 8.70. The monoisotopic (exact) mass is 417 g/mol. The second-order valence-electron chi connectivity index (χ2n) is 6.40. The van der Waals surface area contributed by atoms with Crippen molar-refractivity contribution in [1.82, 2.24) is 0 Å². The zero-order chi connectivity index (χ0) is 18.1. The molecule has 1 spiro atoms. The maximum absolute atomic E-state index is 13.2. The molecule has 0 bridgehead atoms. The number of para-hydroxylation sites is 1. The Bertz CT molecular complexity index is 832. The molecule has 0 N–H and O–H groups in total. The van der Waals surface area contributed by atoms with Gasteiger partial charge in [-0.1, -0.05) is 34.1 Å². The average Bonchev–Trinajstić information content (AvgIpc) is 2.86. The number of carbonyl (C=O) groups is 1. The smallest absolute Gasteiger partial charge is 0.292 e. The van der Waals surface area contributed by atoms with Gasteiger partial charge in [0.25, 0.3) is 11.7 Å². The third-order valence-corrected chi connectivity index (χ3v) is 5.19. The Balaban J connectivity index is 1.57. The van der Waals surface area contributed by atoms with E-state index in [0.717, 1.165) is 33.5 Å². The summed E-state index contributed by atoms with van der Waals surface area (Å²) >= 11 is 3.48. The SMILES string of the molecule is Cc1ccccc1OCCN1C(=O)C2(OCCCO2)c2cc(Br)ccc21. The molecule has 26 heavy (non-hydrogen) atoms. The standard InChI is InChI=1S/C20H20BrNO4/c1-14-5-2-3-6-18(14)24-12-9-22-17-8-7-15(21)13-16(17)20(19(22)23)25-10-4-11-26-20/h2-3,5-8,13H,4,9-12H2,1H3. The zero-order valence-corrected chi connectivity index (χ0v) is 16.1. The molecular weight excluding hydrogens is 398 g/mol. The summed E-state index contributed by atoms with van der Waals surface area (Å²) in [5, 5.41) is 0. The van der Waals surface area contributed by atoms with Crippen LogP contribution in [0.25, 0.3) is 0 Å². The Morgan fingerprint density at radius 1 is 1.19 bits per heavy atom. The average molecular weight is 418 g/mol. The maximum Gasteiger partial charge on any atom is 0.292 e. The topological polar surface area (TPSA) is 48.0 Å². The Morgan fingerprint density at radius 3 is 2.73 bits per heavy atom. The van der Waals surface area contributed by atoms with Crippen molar-refractivity contribution in [3.05, 3.63) is 58.1 Å². The third kappa shape index (κ3) is 2.92. The van der Waals surface area contributed by atoms with Crippen LogP contribution in [0.3, 0.4) is 0 Å². The van der Waals surface area contributed by atoms with Gasteiger partial charge in [-0.05, 0) is 43.2 Å². The summed E-state index contributed by atoms with van der Waals surface area (Å²) < 4.78 is 18.5. The van der Waals surface area contributed by atoms with E-state index in [2.05, 4.69) is 15.9 Å². The van der Waals surface area contributed by atoms with Gasteiger partial charge in [0, 0.05) is 10.0 Å². The quantitative estimate of drug-likeness (QED) is 0.759. The van der Waals surface area contributed by atoms with Gasteiger partial charge >= 0.3 is 0 Å². The van der Waals surface area contributed by atoms with Crippen LogP contribution in [0.15, 0.2) is 46.9 Å². The van der Waals surface area contributed by atoms with Gasteiger partial charge in [-0.2, -0.15) is 0 Å². The van der Waals surface area contributed by atoms with E-state index in [0.29, 0.717) is 26.4 Å². The van der Waals surface area contributed by atoms with Crippen LogP contribution in [0.2, 0.25) is 0 Å². The molecule has 1 saturated heterocycles. The molecular formula is C20H20BrNO4. The molecule has 1 fully saturated rings. The normalized spacial score (nSPS) is 18.2. The number of rotatable bonds is 4. The molecule has 0 aliphatic carbocycles. The lowest BCUT2D eigenvalue weighted by atomic mass is 10.1. The second kappa shape index (κ2) is 7.02. The van der Waals surface area contributed by atoms with Gasteiger partial charge in [0.2, 0.25) is 0 Å². The number of amides is 1. The Hall–Kier alpha value is -1.89. The van der Waals surface area contributed by atoms with Crippen molar-refractivity contribution in [2.24, 2.45) is 0 Å². The molecule has 2 aliphatic heterocycles. The molecule has 0 saturated carbocycles. The van der Waals surface area contributed by atoms with Gasteiger partial charge in [0.1, 0.15) is 12.4 Å². The number of carbonyl (C=O) groups excluding carboxylic acids is 1. The number of halogens is 1. The number of fused-ring (bicyclic) bond motifs is 2. The van der Waals surface area contributed by atoms with Crippen LogP contribution in [-0.4, -0.2) is 32.3 Å². The van der Waals surface area contributed by atoms with E-state index in [1.807, 2.05) is 49.4 Å². The summed E-state index contributed by atoms with van der Waals surface area (Å²) in [5.74, 6) is -0.672. The minimum Gasteiger partial charge on any atom is -0.491 e. The maximum atomic E-state index is 13.2. The van der Waals surface area contributed by atoms with Crippen LogP contribution in [0, 0.1) is 6.92 Å². The highest BCUT2D eigenvalue weighted by Crippen LogP contribution is 2.46. The lowest BCUT2D eigenvalue weighted by Crippen LogP contribution is -2.48. The molecule has 2 heterocycles. The summed E-state index contributed by atoms with van der Waals surface area (Å²) in [4.78, 5) is 14.9. The van der Waals surface area contributed by atoms with Crippen molar-refractivity contribution >= 4 is 27.5 Å². The van der Waals surface area contributed by atoms with E-state index in [1.54, 1.807) is 4.90 Å². The first kappa shape index (κ1) is 17.5. The van der Waals surface area contributed by atoms with Gasteiger partial charge in [0.15, 0.2) is 0 Å². The predicted octanol–water partition coefficient (Wildman–Crippen LogP) is 3.77. The molecule has 136 valence electrons. The molecule has 4 rings (SSSR count). The number of hydrogen-bond donors (Lipinski definition) is 0. The van der Waals surface area contributed by atoms with Crippen molar-refractivity contribution in [3.63, 3.8) is 0 Å². The molecule has 2 aromatic carbocycles. The van der Waals surface area contributed by atoms with E-state index in [1.165, 1.54) is 0 Å². The molecule has 6 heteroatoms. The number of hydrogen-bond acceptors (Lipinski definition) is 4. The minimum atomic E-state index is -1.32. The Kier molecular flexibility index (Phi) is 4.73. The summed E-state index contributed by atoms with van der Waals surface area (Å²) in [5.41, 5.74) is 2.64. The number of ether oxygens (including phenoxy) is 3. The second-order valence-corrected chi connectivity index (χ2v) is 7.31. The van der Waals surface area contributed by atoms with Gasteiger partial charge in [-0.3, -0.25) is 4.79 Å². The highest BCUT2D eigenvalue weighted by Gasteiger charge is 2.54. The van der Waals surface area contributed by atoms with Crippen LogP contribution < -0.4 is 9.64 Å². The van der Waals surface area contributed by atoms with Crippen molar-refractivity contribution in [3.8, 4) is 5.75 Å². The largest absolute Gasteiger partial charge is 0.491 e. The molecule has 0 unspecified atom stereocenters. The highest BCUT2D eigenvalue weighted by molar-refractivity contribution is 9.10. The fraction of sp³-hybridized carbons (Fsp3) is 0.350. The fourth-order valence-electron chi connectivity index (χ4n) is 3.41. The fourth-order valence-corrected chi connectivity index (χ4v) is 3.77. The summed E-state index contributed by atoms with van der Waals surface area (Å²) in [7, 11) is 0. The van der Waals surface area contributed by atoms with E-state index < -0.39 is 5.79 Å². The van der Waals surface area contributed by atoms with Gasteiger partial charge in [0.05, 0.1) is 25.4 Å². The van der Waals surface area contributed by atoms with Crippen LogP contribution in [0.1, 0.15) is 17.5 Å². The highest BCUT2D eigenvalue weighted by atomic mass is 79.9. The Morgan fingerprint density at radius 2 is 1.96 bits per heavy atom. The van der Waals surface area contributed by atoms with Crippen LogP contribution in [0.5, 0.6) is 5.75 Å². The number of benzene rings is 2. The molecule has 0 atom stereocenters. The minimum absolute atomic E-state index is 0.182. The first-order chi connectivity index (χ1) is 12.6. The predicted molar refractivity (Wildman–Crippen MR) is 101 cm³/mol. The van der Waals surface area contributed by atoms with Gasteiger partial charge in [-0.25, -0.2) is 0 Å². The number of aryl methyl sites for hydroxylation is 1. The van der Waals surface area contributed by atoms with E-state index in [9.17, 15) is 4.79 Å². The van der Waals surface area contributed by atoms with Crippen LogP contribution >= 0.6 is 15.9 Å². The molecule has 2 aromatic rings. The van der Waals surface area contributed by atoms with Crippen molar-refractivity contribution in [2.45, 2.75) is 19.1 Å². The van der Waals surface area contributed by atoms with Crippen molar-refractivity contribution in [2.75, 3.05) is 31.3 Å². The third-order valence-electron chi connectivity index (χ3n) is 4.70. The zero-order valence-electron chi connectivity index (χ0n) is 14.5. The van der Waals surface area contributed by atoms with Crippen LogP contribution in [-0.2, 0) is 20.1 Å². The lowest BCUT2D eigenvalue weighted by molar-refractivity contribution is -0.256. The van der Waals surface area contributed by atoms with E-state index in [4.69, 9.17) is 14.2 Å².